The van der Waals surface area contributed by atoms with Crippen LogP contribution in [0.1, 0.15) is 11.3 Å². The van der Waals surface area contributed by atoms with Gasteiger partial charge in [0, 0.05) is 5.39 Å². The molecule has 132 valence electrons. The van der Waals surface area contributed by atoms with Crippen molar-refractivity contribution in [3.8, 4) is 5.75 Å². The van der Waals surface area contributed by atoms with Crippen LogP contribution in [0.2, 0.25) is 0 Å². The lowest BCUT2D eigenvalue weighted by molar-refractivity contribution is -0.119. The molecule has 7 heteroatoms. The number of nitrogens with zero attached hydrogens (tertiary/aromatic N) is 3. The highest BCUT2D eigenvalue weighted by Crippen LogP contribution is 2.23. The standard InChI is InChI=1S/C19H19N5O2/c1-12-15-11-14(26-2)8-9-16(15)22-19(21-12)24-18(20)23-17(25)10-13-6-4-3-5-7-13/h3-9,11H,10H2,1-2H3,(H3,20,21,22,23,24,25). The highest BCUT2D eigenvalue weighted by atomic mass is 16.5. The topological polar surface area (TPSA) is 102 Å². The van der Waals surface area contributed by atoms with Crippen molar-refractivity contribution in [1.29, 1.82) is 0 Å². The Morgan fingerprint density at radius 1 is 1.19 bits per heavy atom. The van der Waals surface area contributed by atoms with Crippen LogP contribution in [-0.4, -0.2) is 28.9 Å². The minimum atomic E-state index is -0.250. The molecule has 3 rings (SSSR count). The number of guanidine groups is 1. The number of amides is 1. The number of benzene rings is 2. The van der Waals surface area contributed by atoms with Crippen molar-refractivity contribution in [2.45, 2.75) is 13.3 Å². The number of nitrogens with one attached hydrogen (secondary N) is 1. The van der Waals surface area contributed by atoms with Crippen LogP contribution in [-0.2, 0) is 11.2 Å². The van der Waals surface area contributed by atoms with Crippen LogP contribution in [0.4, 0.5) is 5.95 Å². The van der Waals surface area contributed by atoms with Crippen molar-refractivity contribution in [3.05, 3.63) is 59.8 Å². The molecular formula is C19H19N5O2. The van der Waals surface area contributed by atoms with Crippen molar-refractivity contribution in [1.82, 2.24) is 15.3 Å². The summed E-state index contributed by atoms with van der Waals surface area (Å²) >= 11 is 0. The highest BCUT2D eigenvalue weighted by Gasteiger charge is 2.08. The van der Waals surface area contributed by atoms with Gasteiger partial charge in [0.1, 0.15) is 5.75 Å². The van der Waals surface area contributed by atoms with E-state index in [4.69, 9.17) is 10.5 Å². The SMILES string of the molecule is COc1ccc2nc(/N=C(\N)NC(=O)Cc3ccccc3)nc(C)c2c1. The normalized spacial score (nSPS) is 11.4. The molecule has 3 N–H and O–H groups in total. The molecule has 0 unspecified atom stereocenters. The molecule has 0 radical (unpaired) electrons. The summed E-state index contributed by atoms with van der Waals surface area (Å²) in [5.41, 5.74) is 8.18. The molecule has 1 aromatic heterocycles. The third-order valence-corrected chi connectivity index (χ3v) is 3.78. The van der Waals surface area contributed by atoms with Gasteiger partial charge in [-0.15, -0.1) is 0 Å². The lowest BCUT2D eigenvalue weighted by Crippen LogP contribution is -2.37. The van der Waals surface area contributed by atoms with E-state index in [1.54, 1.807) is 7.11 Å². The van der Waals surface area contributed by atoms with E-state index in [1.165, 1.54) is 0 Å². The molecule has 2 aromatic carbocycles. The maximum absolute atomic E-state index is 12.0. The molecule has 0 saturated carbocycles. The van der Waals surface area contributed by atoms with E-state index in [0.717, 1.165) is 27.9 Å². The Morgan fingerprint density at radius 3 is 2.69 bits per heavy atom. The van der Waals surface area contributed by atoms with Crippen LogP contribution in [0.15, 0.2) is 53.5 Å². The number of nitrogens with two attached hydrogens (primary N) is 1. The summed E-state index contributed by atoms with van der Waals surface area (Å²) in [5, 5.41) is 3.42. The summed E-state index contributed by atoms with van der Waals surface area (Å²) in [7, 11) is 1.61. The highest BCUT2D eigenvalue weighted by molar-refractivity contribution is 5.97. The molecule has 26 heavy (non-hydrogen) atoms. The average Bonchev–Trinajstić information content (AvgIpc) is 2.62. The summed E-state index contributed by atoms with van der Waals surface area (Å²) in [6.45, 7) is 1.85. The number of aromatic nitrogens is 2. The van der Waals surface area contributed by atoms with E-state index >= 15 is 0 Å². The maximum atomic E-state index is 12.0. The number of rotatable bonds is 4. The molecule has 0 bridgehead atoms. The molecule has 0 atom stereocenters. The smallest absolute Gasteiger partial charge is 0.253 e. The van der Waals surface area contributed by atoms with Crippen molar-refractivity contribution in [2.24, 2.45) is 10.7 Å². The molecular weight excluding hydrogens is 330 g/mol. The molecule has 3 aromatic rings. The Hall–Kier alpha value is -3.48. The van der Waals surface area contributed by atoms with Crippen molar-refractivity contribution >= 4 is 28.7 Å². The van der Waals surface area contributed by atoms with Gasteiger partial charge in [-0.3, -0.25) is 10.1 Å². The van der Waals surface area contributed by atoms with E-state index in [1.807, 2.05) is 55.5 Å². The lowest BCUT2D eigenvalue weighted by atomic mass is 10.1. The van der Waals surface area contributed by atoms with E-state index in [2.05, 4.69) is 20.3 Å². The van der Waals surface area contributed by atoms with Crippen LogP contribution in [0.25, 0.3) is 10.9 Å². The zero-order valence-electron chi connectivity index (χ0n) is 14.6. The first-order valence-electron chi connectivity index (χ1n) is 8.05. The van der Waals surface area contributed by atoms with Gasteiger partial charge in [0.05, 0.1) is 24.7 Å². The second-order valence-corrected chi connectivity index (χ2v) is 5.70. The summed E-state index contributed by atoms with van der Waals surface area (Å²) in [6, 6.07) is 14.9. The lowest BCUT2D eigenvalue weighted by Gasteiger charge is -2.07. The predicted molar refractivity (Wildman–Crippen MR) is 100 cm³/mol. The van der Waals surface area contributed by atoms with Gasteiger partial charge in [0.2, 0.25) is 11.9 Å². The summed E-state index contributed by atoms with van der Waals surface area (Å²) in [5.74, 6) is 0.628. The first-order chi connectivity index (χ1) is 12.5. The molecule has 1 amide bonds. The van der Waals surface area contributed by atoms with Gasteiger partial charge in [0.25, 0.3) is 5.95 Å². The first-order valence-corrected chi connectivity index (χ1v) is 8.05. The Bertz CT molecular complexity index is 970. The number of carbonyl (C=O) groups excluding carboxylic acids is 1. The number of aryl methyl sites for hydroxylation is 1. The number of hydrogen-bond acceptors (Lipinski definition) is 5. The zero-order valence-corrected chi connectivity index (χ0v) is 14.6. The molecule has 7 nitrogen and oxygen atoms in total. The Morgan fingerprint density at radius 2 is 1.96 bits per heavy atom. The van der Waals surface area contributed by atoms with Crippen LogP contribution in [0.5, 0.6) is 5.75 Å². The average molecular weight is 349 g/mol. The molecule has 0 spiro atoms. The minimum absolute atomic E-state index is 0.0433. The third kappa shape index (κ3) is 4.13. The van der Waals surface area contributed by atoms with Crippen LogP contribution >= 0.6 is 0 Å². The quantitative estimate of drug-likeness (QED) is 0.555. The van der Waals surface area contributed by atoms with E-state index < -0.39 is 0 Å². The molecule has 0 aliphatic carbocycles. The number of carbonyl (C=O) groups is 1. The van der Waals surface area contributed by atoms with Gasteiger partial charge >= 0.3 is 0 Å². The summed E-state index contributed by atoms with van der Waals surface area (Å²) < 4.78 is 5.21. The molecule has 1 heterocycles. The van der Waals surface area contributed by atoms with E-state index in [0.29, 0.717) is 0 Å². The van der Waals surface area contributed by atoms with Crippen molar-refractivity contribution in [2.75, 3.05) is 7.11 Å². The largest absolute Gasteiger partial charge is 0.497 e. The monoisotopic (exact) mass is 349 g/mol. The van der Waals surface area contributed by atoms with Gasteiger partial charge in [-0.2, -0.15) is 4.99 Å². The number of hydrogen-bond donors (Lipinski definition) is 2. The van der Waals surface area contributed by atoms with Gasteiger partial charge in [0.15, 0.2) is 0 Å². The Kier molecular flexibility index (Phi) is 5.07. The summed E-state index contributed by atoms with van der Waals surface area (Å²) in [6.07, 6.45) is 0.217. The van der Waals surface area contributed by atoms with Crippen molar-refractivity contribution in [3.63, 3.8) is 0 Å². The fourth-order valence-corrected chi connectivity index (χ4v) is 2.53. The van der Waals surface area contributed by atoms with E-state index in [9.17, 15) is 4.79 Å². The summed E-state index contributed by atoms with van der Waals surface area (Å²) in [4.78, 5) is 24.8. The van der Waals surface area contributed by atoms with Crippen molar-refractivity contribution < 1.29 is 9.53 Å². The van der Waals surface area contributed by atoms with E-state index in [-0.39, 0.29) is 24.2 Å². The zero-order chi connectivity index (χ0) is 18.5. The predicted octanol–water partition coefficient (Wildman–Crippen LogP) is 2.25. The van der Waals surface area contributed by atoms with Crippen LogP contribution < -0.4 is 15.8 Å². The van der Waals surface area contributed by atoms with Gasteiger partial charge < -0.3 is 10.5 Å². The van der Waals surface area contributed by atoms with Gasteiger partial charge in [-0.1, -0.05) is 30.3 Å². The minimum Gasteiger partial charge on any atom is -0.497 e. The van der Waals surface area contributed by atoms with Gasteiger partial charge in [-0.25, -0.2) is 9.97 Å². The molecule has 0 aliphatic rings. The number of fused-ring (bicyclic) bond motifs is 1. The molecule has 0 saturated heterocycles. The maximum Gasteiger partial charge on any atom is 0.253 e. The molecule has 0 aliphatic heterocycles. The number of methoxy groups -OCH3 is 1. The number of ether oxygens (including phenoxy) is 1. The van der Waals surface area contributed by atoms with Gasteiger partial charge in [-0.05, 0) is 30.7 Å². The Labute approximate surface area is 150 Å². The van der Waals surface area contributed by atoms with Crippen LogP contribution in [0, 0.1) is 6.92 Å². The number of aliphatic imine (C=N–C) groups is 1. The second kappa shape index (κ2) is 7.60. The fraction of sp³-hybridized carbons (Fsp3) is 0.158. The fourth-order valence-electron chi connectivity index (χ4n) is 2.53. The van der Waals surface area contributed by atoms with Crippen LogP contribution in [0.3, 0.4) is 0 Å². The first kappa shape index (κ1) is 17.3. The molecule has 0 fully saturated rings. The second-order valence-electron chi connectivity index (χ2n) is 5.70. The Balaban J connectivity index is 1.77. The third-order valence-electron chi connectivity index (χ3n) is 3.78.